The zero-order chi connectivity index (χ0) is 79.6. The van der Waals surface area contributed by atoms with Crippen LogP contribution in [0.4, 0.5) is 4.39 Å². The molecule has 8 unspecified atom stereocenters. The molecule has 602 valence electrons. The number of hydrogen-bond acceptors (Lipinski definition) is 20. The molecule has 26 heteroatoms. The van der Waals surface area contributed by atoms with E-state index in [1.165, 1.54) is 33.9 Å². The Morgan fingerprint density at radius 2 is 0.765 bits per heavy atom. The van der Waals surface area contributed by atoms with Crippen molar-refractivity contribution in [2.45, 2.75) is 203 Å². The van der Waals surface area contributed by atoms with Crippen molar-refractivity contribution in [3.8, 4) is 23.0 Å². The van der Waals surface area contributed by atoms with Crippen LogP contribution in [0.2, 0.25) is 5.02 Å². The van der Waals surface area contributed by atoms with Gasteiger partial charge in [0.15, 0.2) is 0 Å². The van der Waals surface area contributed by atoms with Crippen molar-refractivity contribution in [1.29, 1.82) is 0 Å². The number of fused-ring (bicyclic) bond motifs is 8. The molecular formula is C89H100ClFN12O12. The number of halogens is 2. The van der Waals surface area contributed by atoms with Crippen LogP contribution in [-0.4, -0.2) is 190 Å². The largest absolute Gasteiger partial charge is 0.487 e. The van der Waals surface area contributed by atoms with Gasteiger partial charge in [0.2, 0.25) is 0 Å². The fourth-order valence-electron chi connectivity index (χ4n) is 18.6. The number of aromatic nitrogens is 8. The molecule has 0 amide bonds. The molecule has 0 saturated heterocycles. The summed E-state index contributed by atoms with van der Waals surface area (Å²) in [6.07, 6.45) is 10.5. The first kappa shape index (κ1) is 78.1. The predicted molar refractivity (Wildman–Crippen MR) is 435 cm³/mol. The van der Waals surface area contributed by atoms with Crippen LogP contribution in [0.3, 0.4) is 0 Å². The van der Waals surface area contributed by atoms with Crippen LogP contribution in [-0.2, 0) is 51.9 Å². The second kappa shape index (κ2) is 32.9. The van der Waals surface area contributed by atoms with Gasteiger partial charge in [-0.15, -0.1) is 0 Å². The van der Waals surface area contributed by atoms with E-state index < -0.39 is 73.2 Å². The summed E-state index contributed by atoms with van der Waals surface area (Å²) in [6.45, 7) is 14.7. The Balaban J connectivity index is 0.000000111. The zero-order valence-corrected chi connectivity index (χ0v) is 65.8. The van der Waals surface area contributed by atoms with E-state index in [0.717, 1.165) is 148 Å². The predicted octanol–water partition coefficient (Wildman–Crippen LogP) is 9.55. The lowest BCUT2D eigenvalue weighted by atomic mass is 9.99. The number of pyridine rings is 4. The first-order chi connectivity index (χ1) is 55.7. The molecule has 115 heavy (non-hydrogen) atoms. The van der Waals surface area contributed by atoms with E-state index in [-0.39, 0.29) is 30.0 Å². The molecule has 4 aliphatic heterocycles. The number of ether oxygens (including phenoxy) is 4. The maximum Gasteiger partial charge on any atom is 0.140 e. The van der Waals surface area contributed by atoms with Gasteiger partial charge in [-0.1, -0.05) is 35.9 Å². The van der Waals surface area contributed by atoms with Gasteiger partial charge in [-0.25, -0.2) is 24.3 Å². The highest BCUT2D eigenvalue weighted by Gasteiger charge is 2.49. The molecule has 4 saturated carbocycles. The van der Waals surface area contributed by atoms with Crippen molar-refractivity contribution in [2.24, 2.45) is 0 Å². The number of hydrogen-bond donors (Lipinski definition) is 11. The number of nitrogens with one attached hydrogen (secondary N) is 3. The third kappa shape index (κ3) is 15.1. The molecule has 8 aromatic heterocycles. The van der Waals surface area contributed by atoms with Crippen LogP contribution >= 0.6 is 11.6 Å². The smallest absolute Gasteiger partial charge is 0.140 e. The van der Waals surface area contributed by atoms with Crippen LogP contribution < -0.4 is 34.9 Å². The second-order valence-electron chi connectivity index (χ2n) is 32.2. The molecule has 12 aromatic rings. The van der Waals surface area contributed by atoms with Crippen molar-refractivity contribution < 1.29 is 64.2 Å². The van der Waals surface area contributed by atoms with Gasteiger partial charge in [0, 0.05) is 151 Å². The Kier molecular flexibility index (Phi) is 22.4. The van der Waals surface area contributed by atoms with E-state index in [0.29, 0.717) is 67.3 Å². The van der Waals surface area contributed by atoms with Gasteiger partial charge in [0.25, 0.3) is 0 Å². The van der Waals surface area contributed by atoms with Crippen molar-refractivity contribution >= 4 is 55.7 Å². The number of nitrogens with zero attached hydrogens (tertiary/aromatic N) is 9. The number of benzene rings is 4. The average molecular weight is 1580 g/mol. The minimum atomic E-state index is -1.04. The zero-order valence-electron chi connectivity index (χ0n) is 65.1. The van der Waals surface area contributed by atoms with Gasteiger partial charge in [-0.2, -0.15) is 0 Å². The lowest BCUT2D eigenvalue weighted by molar-refractivity contribution is -0.0167. The lowest BCUT2D eigenvalue weighted by Gasteiger charge is -2.28. The molecule has 0 radical (unpaired) electrons. The first-order valence-electron chi connectivity index (χ1n) is 40.2. The molecule has 0 spiro atoms. The quantitative estimate of drug-likeness (QED) is 0.0542. The number of rotatable bonds is 12. The van der Waals surface area contributed by atoms with Crippen LogP contribution in [0, 0.1) is 33.5 Å². The van der Waals surface area contributed by atoms with E-state index in [1.54, 1.807) is 36.9 Å². The average Bonchev–Trinajstić information content (AvgIpc) is 1.65. The molecule has 0 bridgehead atoms. The van der Waals surface area contributed by atoms with Crippen molar-refractivity contribution in [3.05, 3.63) is 236 Å². The van der Waals surface area contributed by atoms with Gasteiger partial charge >= 0.3 is 0 Å². The monoisotopic (exact) mass is 1580 g/mol. The Bertz CT molecular complexity index is 5540. The van der Waals surface area contributed by atoms with Gasteiger partial charge in [0.05, 0.1) is 24.2 Å². The first-order valence-corrected chi connectivity index (χ1v) is 40.5. The van der Waals surface area contributed by atoms with Crippen LogP contribution in [0.15, 0.2) is 159 Å². The summed E-state index contributed by atoms with van der Waals surface area (Å²) >= 11 is 6.30. The summed E-state index contributed by atoms with van der Waals surface area (Å²) < 4.78 is 46.9. The molecule has 11 N–H and O–H groups in total. The van der Waals surface area contributed by atoms with E-state index in [1.807, 2.05) is 143 Å². The standard InChI is InChI=1S/C23H27N3O3.C22H24ClN3O3.C22H24FN3O3.C22H25N3O3/c1-14-6-9-24-23-16(14)8-11-26(23)18-12-20(22(28)21(18)27)29-19-5-3-4-15-7-10-25(2)13-17(15)19;1-12-2-6-25-22-15(12)4-7-26(22)17-10-19(21(28)20(17)27)29-18-9-14(23)8-13-3-5-24-11-16(13)18;1-12-4-8-25-22-13(12)6-9-26(22)17-10-19(21(28)20(17)27)29-18-3-2-16(23)14-5-7-24-11-15(14)18;1-13-5-9-24-22-15(13)7-10-25(22)17-11-19(21(27)20(17)26)28-18-4-2-3-14-12-23-8-6-16(14)18/h3-6,8-9,11,18,20-22,27-28H,7,10,12-13H2,1-2H3;2,4,6-9,17,19-21,24,27-28H,3,5,10-11H2,1H3;2-4,6,8-9,17,19-21,24,27-28H,5,7,10-11H2,1H3;2-5,7,9-10,17,19-21,23,26-27H,6,8,11-12H2,1H3/t18?,20?,21-,22+;3*17?,19?,20-,21+/m0000/s1. The summed E-state index contributed by atoms with van der Waals surface area (Å²) in [4.78, 5) is 20.2. The highest BCUT2D eigenvalue weighted by molar-refractivity contribution is 6.30. The fourth-order valence-corrected chi connectivity index (χ4v) is 18.8. The van der Waals surface area contributed by atoms with Crippen molar-refractivity contribution in [2.75, 3.05) is 33.2 Å². The van der Waals surface area contributed by atoms with E-state index in [4.69, 9.17) is 30.5 Å². The van der Waals surface area contributed by atoms with Crippen LogP contribution in [0.1, 0.15) is 117 Å². The topological polar surface area (TPSA) is 309 Å². The summed E-state index contributed by atoms with van der Waals surface area (Å²) in [6, 6.07) is 33.7. The number of aliphatic hydroxyl groups is 8. The van der Waals surface area contributed by atoms with E-state index >= 15 is 0 Å². The Labute approximate surface area is 670 Å². The third-order valence-electron chi connectivity index (χ3n) is 25.1. The minimum Gasteiger partial charge on any atom is -0.487 e. The molecular weight excluding hydrogens is 1480 g/mol. The van der Waals surface area contributed by atoms with Gasteiger partial charge < -0.3 is 98.9 Å². The SMILES string of the molecule is Cc1ccnc2c1ccn2C1CC(Oc2cc(Cl)cc3c2CNCC3)[C@@H](O)[C@H]1O.Cc1ccnc2c1ccn2C1CC(Oc2ccc(F)c3c2CNCC3)[C@@H](O)[C@H]1O.Cc1ccnc2c1ccn2C1CC(Oc2cccc3c2CCNC3)[C@@H](O)[C@H]1O.Cc1ccnc2c1ccn2C1CC(Oc2cccc3c2CN(C)CC3)[C@@H](O)[C@H]1O. The Morgan fingerprint density at radius 3 is 1.22 bits per heavy atom. The highest BCUT2D eigenvalue weighted by atomic mass is 35.5. The highest BCUT2D eigenvalue weighted by Crippen LogP contribution is 2.44. The minimum absolute atomic E-state index is 0.223. The molecule has 24 nitrogen and oxygen atoms in total. The van der Waals surface area contributed by atoms with E-state index in [9.17, 15) is 45.2 Å². The second-order valence-corrected chi connectivity index (χ2v) is 32.7. The maximum absolute atomic E-state index is 14.1. The van der Waals surface area contributed by atoms with Gasteiger partial charge in [0.1, 0.15) is 125 Å². The third-order valence-corrected chi connectivity index (χ3v) is 25.3. The number of aryl methyl sites for hydroxylation is 4. The maximum atomic E-state index is 14.1. The summed E-state index contributed by atoms with van der Waals surface area (Å²) in [5, 5.41) is 101. The summed E-state index contributed by atoms with van der Waals surface area (Å²) in [5.74, 6) is 2.67. The number of aliphatic hydroxyl groups excluding tert-OH is 8. The Hall–Kier alpha value is -9.42. The number of likely N-dealkylation sites (N-methyl/N-ethyl adjacent to an activating group) is 1. The molecule has 4 aliphatic carbocycles. The van der Waals surface area contributed by atoms with Crippen LogP contribution in [0.25, 0.3) is 44.1 Å². The molecule has 4 aromatic carbocycles. The molecule has 8 aliphatic rings. The fraction of sp³-hybridized carbons (Fsp3) is 0.416. The van der Waals surface area contributed by atoms with Gasteiger partial charge in [-0.3, -0.25) is 0 Å². The molecule has 16 atom stereocenters. The summed E-state index contributed by atoms with van der Waals surface area (Å²) in [7, 11) is 2.11. The van der Waals surface area contributed by atoms with Crippen molar-refractivity contribution in [1.82, 2.24) is 59.1 Å². The molecule has 12 heterocycles. The van der Waals surface area contributed by atoms with E-state index in [2.05, 4.69) is 66.9 Å². The summed E-state index contributed by atoms with van der Waals surface area (Å²) in [5.41, 5.74) is 16.5. The van der Waals surface area contributed by atoms with Crippen LogP contribution in [0.5, 0.6) is 23.0 Å². The van der Waals surface area contributed by atoms with Gasteiger partial charge in [-0.05, 0) is 215 Å². The normalized spacial score (nSPS) is 26.9. The Morgan fingerprint density at radius 1 is 0.383 bits per heavy atom. The van der Waals surface area contributed by atoms with Crippen molar-refractivity contribution in [3.63, 3.8) is 0 Å². The molecule has 4 fully saturated rings. The lowest BCUT2D eigenvalue weighted by Crippen LogP contribution is -2.35. The molecule has 20 rings (SSSR count).